The number of nitrogens with zero attached hydrogens (tertiary/aromatic N) is 1. The van der Waals surface area contributed by atoms with E-state index < -0.39 is 36.0 Å². The van der Waals surface area contributed by atoms with Gasteiger partial charge < -0.3 is 18.9 Å². The summed E-state index contributed by atoms with van der Waals surface area (Å²) in [5.41, 5.74) is -0.192. The smallest absolute Gasteiger partial charge is 0.411 e. The average Bonchev–Trinajstić information content (AvgIpc) is 3.12. The van der Waals surface area contributed by atoms with Crippen LogP contribution < -0.4 is 0 Å². The van der Waals surface area contributed by atoms with Crippen LogP contribution in [0.2, 0.25) is 0 Å². The largest absolute Gasteiger partial charge is 0.467 e. The molecule has 0 radical (unpaired) electrons. The molecule has 0 saturated carbocycles. The van der Waals surface area contributed by atoms with Crippen LogP contribution in [0.3, 0.4) is 0 Å². The molecule has 1 aromatic rings. The van der Waals surface area contributed by atoms with E-state index in [0.29, 0.717) is 6.61 Å². The van der Waals surface area contributed by atoms with Crippen molar-refractivity contribution in [2.24, 2.45) is 0 Å². The lowest BCUT2D eigenvalue weighted by atomic mass is 9.84. The van der Waals surface area contributed by atoms with Gasteiger partial charge in [-0.05, 0) is 37.0 Å². The normalized spacial score (nSPS) is 30.0. The first-order chi connectivity index (χ1) is 15.0. The van der Waals surface area contributed by atoms with E-state index in [0.717, 1.165) is 24.8 Å². The van der Waals surface area contributed by atoms with Crippen LogP contribution in [0.15, 0.2) is 42.5 Å². The predicted molar refractivity (Wildman–Crippen MR) is 109 cm³/mol. The lowest BCUT2D eigenvalue weighted by Crippen LogP contribution is -2.53. The zero-order valence-corrected chi connectivity index (χ0v) is 17.5. The third-order valence-electron chi connectivity index (χ3n) is 6.07. The number of fused-ring (bicyclic) bond motifs is 1. The van der Waals surface area contributed by atoms with Gasteiger partial charge in [-0.2, -0.15) is 0 Å². The highest BCUT2D eigenvalue weighted by atomic mass is 16.7. The minimum absolute atomic E-state index is 0.0388. The van der Waals surface area contributed by atoms with Crippen LogP contribution >= 0.6 is 0 Å². The van der Waals surface area contributed by atoms with E-state index in [4.69, 9.17) is 18.9 Å². The highest BCUT2D eigenvalue weighted by Crippen LogP contribution is 2.44. The molecule has 4 atom stereocenters. The maximum atomic E-state index is 13.1. The molecule has 1 unspecified atom stereocenters. The first-order valence-electron chi connectivity index (χ1n) is 10.6. The van der Waals surface area contributed by atoms with Crippen LogP contribution in [0.5, 0.6) is 0 Å². The second kappa shape index (κ2) is 9.20. The molecule has 2 heterocycles. The van der Waals surface area contributed by atoms with Gasteiger partial charge in [0.1, 0.15) is 18.2 Å². The number of likely N-dealkylation sites (tertiary alicyclic amines) is 1. The van der Waals surface area contributed by atoms with Crippen molar-refractivity contribution in [1.29, 1.82) is 0 Å². The van der Waals surface area contributed by atoms with E-state index in [-0.39, 0.29) is 25.2 Å². The Hall–Kier alpha value is -2.71. The number of benzene rings is 1. The van der Waals surface area contributed by atoms with Gasteiger partial charge in [-0.25, -0.2) is 9.59 Å². The van der Waals surface area contributed by atoms with Crippen molar-refractivity contribution in [2.75, 3.05) is 13.7 Å². The van der Waals surface area contributed by atoms with Gasteiger partial charge in [-0.15, -0.1) is 0 Å². The van der Waals surface area contributed by atoms with Gasteiger partial charge in [0.05, 0.1) is 13.2 Å². The van der Waals surface area contributed by atoms with Crippen LogP contribution in [0.1, 0.15) is 37.7 Å². The molecule has 31 heavy (non-hydrogen) atoms. The van der Waals surface area contributed by atoms with Crippen molar-refractivity contribution in [2.45, 2.75) is 62.7 Å². The van der Waals surface area contributed by atoms with Crippen molar-refractivity contribution < 1.29 is 33.3 Å². The number of hydrogen-bond donors (Lipinski definition) is 0. The van der Waals surface area contributed by atoms with Gasteiger partial charge in [-0.1, -0.05) is 30.3 Å². The molecule has 0 spiro atoms. The Morgan fingerprint density at radius 2 is 2.03 bits per heavy atom. The van der Waals surface area contributed by atoms with Crippen LogP contribution in [-0.4, -0.2) is 60.4 Å². The molecule has 0 N–H and O–H groups in total. The molecule has 8 heteroatoms. The summed E-state index contributed by atoms with van der Waals surface area (Å²) >= 11 is 0. The summed E-state index contributed by atoms with van der Waals surface area (Å²) in [6.45, 7) is 0.650. The molecule has 1 aliphatic carbocycles. The summed E-state index contributed by atoms with van der Waals surface area (Å²) < 4.78 is 22.6. The molecule has 1 aromatic carbocycles. The van der Waals surface area contributed by atoms with E-state index in [1.54, 1.807) is 6.08 Å². The fraction of sp³-hybridized carbons (Fsp3) is 0.522. The summed E-state index contributed by atoms with van der Waals surface area (Å²) in [5, 5.41) is 0. The van der Waals surface area contributed by atoms with E-state index in [1.165, 1.54) is 18.1 Å². The first kappa shape index (κ1) is 21.5. The predicted octanol–water partition coefficient (Wildman–Crippen LogP) is 2.75. The van der Waals surface area contributed by atoms with Crippen molar-refractivity contribution in [1.82, 2.24) is 4.90 Å². The number of esters is 1. The molecule has 8 nitrogen and oxygen atoms in total. The summed E-state index contributed by atoms with van der Waals surface area (Å²) in [4.78, 5) is 39.3. The molecular weight excluding hydrogens is 402 g/mol. The number of rotatable bonds is 5. The molecule has 2 fully saturated rings. The lowest BCUT2D eigenvalue weighted by molar-refractivity contribution is -0.217. The van der Waals surface area contributed by atoms with Gasteiger partial charge in [0.25, 0.3) is 0 Å². The number of ether oxygens (including phenoxy) is 4. The Bertz CT molecular complexity index is 849. The number of allylic oxidation sites excluding steroid dienone is 1. The fourth-order valence-electron chi connectivity index (χ4n) is 4.53. The van der Waals surface area contributed by atoms with E-state index in [2.05, 4.69) is 0 Å². The molecule has 4 rings (SSSR count). The Kier molecular flexibility index (Phi) is 6.38. The minimum Gasteiger partial charge on any atom is -0.467 e. The van der Waals surface area contributed by atoms with Crippen molar-refractivity contribution in [3.05, 3.63) is 48.0 Å². The quantitative estimate of drug-likeness (QED) is 0.665. The Morgan fingerprint density at radius 3 is 2.74 bits per heavy atom. The summed E-state index contributed by atoms with van der Waals surface area (Å²) in [6, 6.07) is 7.66. The molecule has 166 valence electrons. The van der Waals surface area contributed by atoms with Crippen LogP contribution in [-0.2, 0) is 35.1 Å². The highest BCUT2D eigenvalue weighted by Gasteiger charge is 2.59. The number of hydrogen-bond acceptors (Lipinski definition) is 7. The zero-order valence-electron chi connectivity index (χ0n) is 17.5. The van der Waals surface area contributed by atoms with Gasteiger partial charge >= 0.3 is 12.1 Å². The number of carbonyl (C=O) groups is 3. The van der Waals surface area contributed by atoms with E-state index in [9.17, 15) is 14.4 Å². The first-order valence-corrected chi connectivity index (χ1v) is 10.6. The molecular formula is C23H27NO7. The second-order valence-corrected chi connectivity index (χ2v) is 8.08. The maximum Gasteiger partial charge on any atom is 0.411 e. The third kappa shape index (κ3) is 4.50. The standard InChI is InChI=1S/C23H27NO7/c1-28-21(26)18-14-23(31-20-9-5-6-12-29-20)11-10-17(25)13-19(23)24(18)22(27)30-15-16-7-3-2-4-8-16/h2-4,7-8,10-11,18-20H,5-6,9,12-15H2,1H3/t18-,19+,20?,23-/m0/s1. The molecule has 2 saturated heterocycles. The zero-order chi connectivity index (χ0) is 21.8. The van der Waals surface area contributed by atoms with Crippen LogP contribution in [0.4, 0.5) is 4.79 Å². The van der Waals surface area contributed by atoms with Crippen molar-refractivity contribution in [3.63, 3.8) is 0 Å². The summed E-state index contributed by atoms with van der Waals surface area (Å²) in [5.74, 6) is -0.709. The molecule has 2 aliphatic heterocycles. The number of methoxy groups -OCH3 is 1. The molecule has 1 amide bonds. The van der Waals surface area contributed by atoms with Gasteiger partial charge in [0, 0.05) is 19.4 Å². The molecule has 0 aromatic heterocycles. The third-order valence-corrected chi connectivity index (χ3v) is 6.07. The van der Waals surface area contributed by atoms with E-state index in [1.807, 2.05) is 30.3 Å². The SMILES string of the molecule is COC(=O)[C@@H]1C[C@@]2(OC3CCCCO3)C=CC(=O)C[C@H]2N1C(=O)OCc1ccccc1. The maximum absolute atomic E-state index is 13.1. The topological polar surface area (TPSA) is 91.4 Å². The summed E-state index contributed by atoms with van der Waals surface area (Å²) in [6.07, 6.45) is 4.87. The minimum atomic E-state index is -1.01. The number of amides is 1. The summed E-state index contributed by atoms with van der Waals surface area (Å²) in [7, 11) is 1.27. The van der Waals surface area contributed by atoms with Crippen molar-refractivity contribution >= 4 is 17.8 Å². The van der Waals surface area contributed by atoms with Crippen LogP contribution in [0, 0.1) is 0 Å². The highest BCUT2D eigenvalue weighted by molar-refractivity contribution is 5.93. The lowest BCUT2D eigenvalue weighted by Gasteiger charge is -2.40. The van der Waals surface area contributed by atoms with Gasteiger partial charge in [0.2, 0.25) is 0 Å². The van der Waals surface area contributed by atoms with Crippen molar-refractivity contribution in [3.8, 4) is 0 Å². The van der Waals surface area contributed by atoms with Crippen LogP contribution in [0.25, 0.3) is 0 Å². The average molecular weight is 429 g/mol. The molecule has 0 bridgehead atoms. The monoisotopic (exact) mass is 429 g/mol. The van der Waals surface area contributed by atoms with Gasteiger partial charge in [-0.3, -0.25) is 9.69 Å². The molecule has 3 aliphatic rings. The fourth-order valence-corrected chi connectivity index (χ4v) is 4.53. The van der Waals surface area contributed by atoms with Gasteiger partial charge in [0.15, 0.2) is 12.1 Å². The second-order valence-electron chi connectivity index (χ2n) is 8.08. The Morgan fingerprint density at radius 1 is 1.23 bits per heavy atom. The number of ketones is 1. The van der Waals surface area contributed by atoms with E-state index >= 15 is 0 Å². The Balaban J connectivity index is 1.59. The Labute approximate surface area is 181 Å². The number of carbonyl (C=O) groups excluding carboxylic acids is 3.